The molecule has 0 atom stereocenters. The second-order valence-electron chi connectivity index (χ2n) is 8.31. The van der Waals surface area contributed by atoms with Crippen LogP contribution in [0.2, 0.25) is 0 Å². The zero-order valence-corrected chi connectivity index (χ0v) is 18.4. The van der Waals surface area contributed by atoms with E-state index in [9.17, 15) is 2.74 Å². The summed E-state index contributed by atoms with van der Waals surface area (Å²) in [6.07, 6.45) is 1.41. The number of benzene rings is 6. The summed E-state index contributed by atoms with van der Waals surface area (Å²) in [7, 11) is 0. The van der Waals surface area contributed by atoms with Crippen molar-refractivity contribution in [1.82, 2.24) is 0 Å². The molecule has 0 bridgehead atoms. The first-order valence-electron chi connectivity index (χ1n) is 17.6. The van der Waals surface area contributed by atoms with E-state index in [0.717, 1.165) is 0 Å². The van der Waals surface area contributed by atoms with Gasteiger partial charge in [0, 0.05) is 16.2 Å². The highest BCUT2D eigenvalue weighted by molar-refractivity contribution is 6.26. The minimum absolute atomic E-state index is 0.0266. The Balaban J connectivity index is 1.76. The van der Waals surface area contributed by atoms with Gasteiger partial charge in [0.15, 0.2) is 11.2 Å². The van der Waals surface area contributed by atoms with Gasteiger partial charge in [-0.3, -0.25) is 0 Å². The summed E-state index contributed by atoms with van der Waals surface area (Å²) in [5.41, 5.74) is 0.775. The van der Waals surface area contributed by atoms with Crippen LogP contribution in [-0.4, -0.2) is 0 Å². The average Bonchev–Trinajstić information content (AvgIpc) is 3.74. The largest absolute Gasteiger partial charge is 0.460 e. The first-order chi connectivity index (χ1) is 23.3. The first-order valence-corrected chi connectivity index (χ1v) is 11.1. The van der Waals surface area contributed by atoms with Crippen LogP contribution in [0.25, 0.3) is 76.7 Å². The number of para-hydroxylation sites is 1. The Hall–Kier alpha value is -4.82. The lowest BCUT2D eigenvalue weighted by Gasteiger charge is -2.18. The topological polar surface area (TPSA) is 26.3 Å². The maximum atomic E-state index is 9.21. The van der Waals surface area contributed by atoms with E-state index in [2.05, 4.69) is 0 Å². The van der Waals surface area contributed by atoms with Crippen molar-refractivity contribution in [3.05, 3.63) is 121 Å². The predicted molar refractivity (Wildman–Crippen MR) is 149 cm³/mol. The van der Waals surface area contributed by atoms with Crippen molar-refractivity contribution in [2.24, 2.45) is 0 Å². The third-order valence-electron chi connectivity index (χ3n) is 6.48. The summed E-state index contributed by atoms with van der Waals surface area (Å²) in [6, 6.07) is 2.04. The summed E-state index contributed by atoms with van der Waals surface area (Å²) < 4.78 is 126. The van der Waals surface area contributed by atoms with Crippen LogP contribution in [-0.2, 0) is 0 Å². The molecule has 0 amide bonds. The van der Waals surface area contributed by atoms with Crippen molar-refractivity contribution in [2.75, 3.05) is 0 Å². The molecule has 0 fully saturated rings. The monoisotopic (exact) mass is 473 g/mol. The lowest BCUT2D eigenvalue weighted by atomic mass is 9.85. The Morgan fingerprint density at radius 3 is 1.89 bits per heavy atom. The van der Waals surface area contributed by atoms with E-state index in [1.807, 2.05) is 12.1 Å². The number of furan rings is 2. The summed E-state index contributed by atoms with van der Waals surface area (Å²) in [4.78, 5) is 0. The minimum Gasteiger partial charge on any atom is -0.460 e. The summed E-state index contributed by atoms with van der Waals surface area (Å²) in [5.74, 6) is 0. The lowest BCUT2D eigenvalue weighted by molar-refractivity contribution is 0.600. The zero-order chi connectivity index (χ0) is 35.0. The van der Waals surface area contributed by atoms with Gasteiger partial charge in [-0.15, -0.1) is 0 Å². The van der Waals surface area contributed by atoms with Gasteiger partial charge in [0.05, 0.1) is 24.1 Å². The molecule has 2 heterocycles. The molecule has 0 saturated heterocycles. The molecule has 36 heavy (non-hydrogen) atoms. The molecule has 0 aliphatic heterocycles. The van der Waals surface area contributed by atoms with Crippen molar-refractivity contribution >= 4 is 54.5 Å². The molecule has 6 aromatic carbocycles. The Morgan fingerprint density at radius 2 is 1.17 bits per heavy atom. The normalized spacial score (nSPS) is 16.9. The molecule has 2 heteroatoms. The molecule has 2 aromatic heterocycles. The van der Waals surface area contributed by atoms with Gasteiger partial charge in [-0.1, -0.05) is 96.8 Å². The van der Waals surface area contributed by atoms with Gasteiger partial charge in [-0.2, -0.15) is 0 Å². The fourth-order valence-electron chi connectivity index (χ4n) is 5.02. The molecule has 0 spiro atoms. The third-order valence-corrected chi connectivity index (χ3v) is 6.48. The van der Waals surface area contributed by atoms with Gasteiger partial charge >= 0.3 is 0 Å². The fraction of sp³-hybridized carbons (Fsp3) is 0. The number of hydrogen-bond acceptors (Lipinski definition) is 2. The second-order valence-corrected chi connectivity index (χ2v) is 8.31. The van der Waals surface area contributed by atoms with E-state index in [0.29, 0.717) is 38.5 Å². The molecule has 2 nitrogen and oxygen atoms in total. The summed E-state index contributed by atoms with van der Waals surface area (Å²) >= 11 is 0. The van der Waals surface area contributed by atoms with E-state index < -0.39 is 84.1 Å². The van der Waals surface area contributed by atoms with Gasteiger partial charge in [0.2, 0.25) is 0 Å². The first kappa shape index (κ1) is 10.8. The number of fused-ring (bicyclic) bond motifs is 7. The van der Waals surface area contributed by atoms with Crippen LogP contribution >= 0.6 is 0 Å². The fourth-order valence-corrected chi connectivity index (χ4v) is 5.02. The van der Waals surface area contributed by atoms with Gasteiger partial charge in [0.1, 0.15) is 5.58 Å². The van der Waals surface area contributed by atoms with E-state index in [1.54, 1.807) is 24.3 Å². The van der Waals surface area contributed by atoms with Crippen LogP contribution in [0.3, 0.4) is 0 Å². The quantitative estimate of drug-likeness (QED) is 0.233. The molecule has 0 aliphatic rings. The van der Waals surface area contributed by atoms with Crippen molar-refractivity contribution in [2.45, 2.75) is 0 Å². The molecule has 0 aliphatic carbocycles. The van der Waals surface area contributed by atoms with Gasteiger partial charge in [-0.05, 0) is 62.0 Å². The second kappa shape index (κ2) is 7.34. The highest BCUT2D eigenvalue weighted by atomic mass is 16.4. The van der Waals surface area contributed by atoms with Crippen LogP contribution in [0.4, 0.5) is 0 Å². The van der Waals surface area contributed by atoms with Crippen LogP contribution in [0.1, 0.15) is 17.8 Å². The van der Waals surface area contributed by atoms with E-state index >= 15 is 0 Å². The Morgan fingerprint density at radius 1 is 0.528 bits per heavy atom. The van der Waals surface area contributed by atoms with Crippen LogP contribution < -0.4 is 0 Å². The van der Waals surface area contributed by atoms with E-state index in [4.69, 9.17) is 23.9 Å². The molecule has 0 radical (unpaired) electrons. The van der Waals surface area contributed by atoms with Gasteiger partial charge in [-0.25, -0.2) is 0 Å². The van der Waals surface area contributed by atoms with E-state index in [1.165, 1.54) is 6.26 Å². The number of rotatable bonds is 2. The summed E-state index contributed by atoms with van der Waals surface area (Å²) in [6.45, 7) is 0. The van der Waals surface area contributed by atoms with Crippen molar-refractivity contribution < 1.29 is 26.7 Å². The Kier molecular flexibility index (Phi) is 2.21. The molecule has 0 saturated carbocycles. The lowest BCUT2D eigenvalue weighted by Crippen LogP contribution is -1.91. The van der Waals surface area contributed by atoms with Crippen molar-refractivity contribution in [3.63, 3.8) is 0 Å². The van der Waals surface area contributed by atoms with Crippen molar-refractivity contribution in [1.29, 1.82) is 0 Å². The maximum Gasteiger partial charge on any atom is 0.178 e. The van der Waals surface area contributed by atoms with E-state index in [-0.39, 0.29) is 32.7 Å². The predicted octanol–water partition coefficient (Wildman–Crippen LogP) is 9.97. The Bertz CT molecular complexity index is 2710. The number of hydrogen-bond donors (Lipinski definition) is 0. The smallest absolute Gasteiger partial charge is 0.178 e. The highest BCUT2D eigenvalue weighted by Crippen LogP contribution is 2.47. The SMILES string of the molecule is [2H]c1c([2H])c([2H])c(-c2c3c([2H])c([2H])c([2H])c([2H])c3c(-c3cc4c5ccccc5oc4c4occc34)c3c([2H])c([2H])c([2H])c([2H])c23)c([2H])c1[2H]. The molecular formula is C34H20O2. The Labute approximate surface area is 225 Å². The average molecular weight is 474 g/mol. The standard InChI is InChI=1S/C34H20O2/c1-2-10-21(11-3-1)31-23-13-4-6-15-25(23)32(26-16-7-5-14-24(26)31)28-20-29-22-12-8-9-17-30(22)36-34(29)33-27(28)18-19-35-33/h1-20H/i1D,2D,3D,4D,5D,6D,7D,10D,11D,13D,14D,15D,16D. The third kappa shape index (κ3) is 2.61. The molecule has 0 N–H and O–H groups in total. The molecule has 8 aromatic rings. The maximum absolute atomic E-state index is 9.21. The van der Waals surface area contributed by atoms with Gasteiger partial charge < -0.3 is 8.83 Å². The molecular weight excluding hydrogens is 440 g/mol. The van der Waals surface area contributed by atoms with Crippen LogP contribution in [0.15, 0.2) is 130 Å². The molecule has 168 valence electrons. The van der Waals surface area contributed by atoms with Gasteiger partial charge in [0.25, 0.3) is 0 Å². The molecule has 8 rings (SSSR count). The summed E-state index contributed by atoms with van der Waals surface area (Å²) in [5, 5.41) is 0.817. The van der Waals surface area contributed by atoms with Crippen LogP contribution in [0.5, 0.6) is 0 Å². The minimum atomic E-state index is -0.722. The highest BCUT2D eigenvalue weighted by Gasteiger charge is 2.21. The molecule has 0 unspecified atom stereocenters. The van der Waals surface area contributed by atoms with Crippen LogP contribution in [0, 0.1) is 0 Å². The van der Waals surface area contributed by atoms with Crippen molar-refractivity contribution in [3.8, 4) is 22.3 Å². The zero-order valence-electron chi connectivity index (χ0n) is 31.4.